The molecular formula is C38H54O5. The van der Waals surface area contributed by atoms with Crippen molar-refractivity contribution in [3.8, 4) is 5.75 Å². The second-order valence-corrected chi connectivity index (χ2v) is 14.8. The van der Waals surface area contributed by atoms with Crippen molar-refractivity contribution in [1.82, 2.24) is 0 Å². The van der Waals surface area contributed by atoms with Crippen LogP contribution in [0.5, 0.6) is 5.75 Å². The minimum absolute atomic E-state index is 0.127. The number of carbonyl (C=O) groups excluding carboxylic acids is 2. The van der Waals surface area contributed by atoms with E-state index in [0.717, 1.165) is 62.7 Å². The zero-order valence-corrected chi connectivity index (χ0v) is 27.6. The van der Waals surface area contributed by atoms with Crippen molar-refractivity contribution in [2.75, 3.05) is 7.11 Å². The summed E-state index contributed by atoms with van der Waals surface area (Å²) < 4.78 is 18.0. The van der Waals surface area contributed by atoms with Crippen LogP contribution < -0.4 is 4.74 Å². The fourth-order valence-electron chi connectivity index (χ4n) is 9.85. The van der Waals surface area contributed by atoms with Gasteiger partial charge < -0.3 is 14.2 Å². The van der Waals surface area contributed by atoms with Gasteiger partial charge >= 0.3 is 11.9 Å². The topological polar surface area (TPSA) is 61.8 Å². The normalized spacial score (nSPS) is 39.2. The van der Waals surface area contributed by atoms with Crippen LogP contribution in [0.4, 0.5) is 0 Å². The van der Waals surface area contributed by atoms with Crippen LogP contribution in [0.15, 0.2) is 48.6 Å². The Hall–Kier alpha value is -2.56. The lowest BCUT2D eigenvalue weighted by Gasteiger charge is -2.66. The molecular weight excluding hydrogens is 536 g/mol. The van der Waals surface area contributed by atoms with Crippen LogP contribution in [-0.2, 0) is 19.1 Å². The molecule has 1 heterocycles. The van der Waals surface area contributed by atoms with Gasteiger partial charge in [0, 0.05) is 11.3 Å². The van der Waals surface area contributed by atoms with Crippen LogP contribution in [0.2, 0.25) is 0 Å². The van der Waals surface area contributed by atoms with E-state index in [2.05, 4.69) is 66.3 Å². The molecule has 4 aliphatic rings. The Kier molecular flexibility index (Phi) is 8.95. The highest BCUT2D eigenvalue weighted by Crippen LogP contribution is 2.70. The molecule has 0 unspecified atom stereocenters. The number of hydrogen-bond acceptors (Lipinski definition) is 5. The minimum atomic E-state index is -0.581. The van der Waals surface area contributed by atoms with Crippen molar-refractivity contribution < 1.29 is 23.8 Å². The van der Waals surface area contributed by atoms with Gasteiger partial charge in [0.15, 0.2) is 0 Å². The molecule has 0 amide bonds. The first kappa shape index (κ1) is 31.9. The van der Waals surface area contributed by atoms with Gasteiger partial charge in [-0.25, -0.2) is 0 Å². The van der Waals surface area contributed by atoms with Crippen LogP contribution >= 0.6 is 0 Å². The van der Waals surface area contributed by atoms with Crippen LogP contribution in [0.3, 0.4) is 0 Å². The SMILES string of the molecule is C=C[C@@H](CCCCC)OC(=O)[C@@H]1[C@@H]2C(=O)O[C@H]([C@@]3(C)[C@H](C)CC[C@@]4(C)C(C)=CCC[C@H]34)C[C@]2(C)[C@H]1c1ccc(OC)cc1. The third kappa shape index (κ3) is 5.17. The van der Waals surface area contributed by atoms with Gasteiger partial charge in [0.2, 0.25) is 0 Å². The predicted molar refractivity (Wildman–Crippen MR) is 171 cm³/mol. The molecule has 5 heteroatoms. The van der Waals surface area contributed by atoms with Gasteiger partial charge in [-0.1, -0.05) is 83.9 Å². The van der Waals surface area contributed by atoms with Crippen molar-refractivity contribution in [2.45, 2.75) is 117 Å². The van der Waals surface area contributed by atoms with Crippen LogP contribution in [0.1, 0.15) is 111 Å². The first-order valence-electron chi connectivity index (χ1n) is 16.8. The molecule has 1 saturated heterocycles. The van der Waals surface area contributed by atoms with Crippen LogP contribution in [0, 0.1) is 39.9 Å². The zero-order valence-electron chi connectivity index (χ0n) is 27.6. The van der Waals surface area contributed by atoms with Crippen molar-refractivity contribution in [1.29, 1.82) is 0 Å². The fourth-order valence-corrected chi connectivity index (χ4v) is 9.85. The Labute approximate surface area is 259 Å². The van der Waals surface area contributed by atoms with Crippen molar-refractivity contribution in [3.63, 3.8) is 0 Å². The molecule has 10 atom stereocenters. The third-order valence-corrected chi connectivity index (χ3v) is 12.8. The number of cyclic esters (lactones) is 1. The maximum atomic E-state index is 14.1. The van der Waals surface area contributed by atoms with E-state index in [9.17, 15) is 9.59 Å². The van der Waals surface area contributed by atoms with E-state index in [1.54, 1.807) is 13.2 Å². The largest absolute Gasteiger partial charge is 0.497 e. The molecule has 2 saturated carbocycles. The molecule has 5 rings (SSSR count). The average Bonchev–Trinajstić information content (AvgIpc) is 2.98. The summed E-state index contributed by atoms with van der Waals surface area (Å²) in [6, 6.07) is 8.03. The first-order valence-corrected chi connectivity index (χ1v) is 16.8. The summed E-state index contributed by atoms with van der Waals surface area (Å²) in [6.07, 6.45) is 12.8. The molecule has 43 heavy (non-hydrogen) atoms. The van der Waals surface area contributed by atoms with E-state index in [0.29, 0.717) is 11.8 Å². The third-order valence-electron chi connectivity index (χ3n) is 12.8. The average molecular weight is 591 g/mol. The number of fused-ring (bicyclic) bond motifs is 2. The molecule has 236 valence electrons. The van der Waals surface area contributed by atoms with Gasteiger partial charge in [0.1, 0.15) is 18.0 Å². The summed E-state index contributed by atoms with van der Waals surface area (Å²) in [5, 5.41) is 0. The second-order valence-electron chi connectivity index (χ2n) is 14.8. The summed E-state index contributed by atoms with van der Waals surface area (Å²) in [6.45, 7) is 17.8. The number of carbonyl (C=O) groups is 2. The summed E-state index contributed by atoms with van der Waals surface area (Å²) in [7, 11) is 1.66. The number of unbranched alkanes of at least 4 members (excludes halogenated alkanes) is 2. The van der Waals surface area contributed by atoms with Crippen molar-refractivity contribution in [2.24, 2.45) is 39.9 Å². The first-order chi connectivity index (χ1) is 20.4. The maximum absolute atomic E-state index is 14.1. The molecule has 0 aromatic heterocycles. The van der Waals surface area contributed by atoms with Gasteiger partial charge in [0.25, 0.3) is 0 Å². The number of methoxy groups -OCH3 is 1. The molecule has 0 spiro atoms. The van der Waals surface area contributed by atoms with E-state index in [1.807, 2.05) is 12.1 Å². The van der Waals surface area contributed by atoms with Crippen molar-refractivity contribution in [3.05, 3.63) is 54.1 Å². The Bertz CT molecular complexity index is 1230. The monoisotopic (exact) mass is 590 g/mol. The van der Waals surface area contributed by atoms with E-state index in [4.69, 9.17) is 14.2 Å². The van der Waals surface area contributed by atoms with Gasteiger partial charge in [0.05, 0.1) is 18.9 Å². The van der Waals surface area contributed by atoms with E-state index >= 15 is 0 Å². The highest BCUT2D eigenvalue weighted by Gasteiger charge is 2.71. The lowest BCUT2D eigenvalue weighted by molar-refractivity contribution is -0.237. The van der Waals surface area contributed by atoms with Gasteiger partial charge in [-0.15, -0.1) is 0 Å². The number of hydrogen-bond donors (Lipinski definition) is 0. The van der Waals surface area contributed by atoms with Gasteiger partial charge in [-0.05, 0) is 92.2 Å². The van der Waals surface area contributed by atoms with E-state index in [-0.39, 0.29) is 40.9 Å². The molecule has 1 aromatic rings. The smallest absolute Gasteiger partial charge is 0.311 e. The lowest BCUT2D eigenvalue weighted by atomic mass is 9.40. The molecule has 3 aliphatic carbocycles. The molecule has 1 aliphatic heterocycles. The van der Waals surface area contributed by atoms with E-state index in [1.165, 1.54) is 12.0 Å². The van der Waals surface area contributed by atoms with Gasteiger partial charge in [-0.2, -0.15) is 0 Å². The minimum Gasteiger partial charge on any atom is -0.497 e. The number of rotatable bonds is 10. The standard InChI is InChI=1S/C38H54O5/c1-9-11-12-15-27(10-2)42-34(39)31-32(26-17-19-28(41-8)20-18-26)37(6)23-30(43-35(40)33(31)37)38(7)25(4)21-22-36(5)24(3)14-13-16-29(36)38/h10,14,17-20,25,27,29-33H,2,9,11-13,15-16,21-23H2,1,3-8H3/t25-,27+,29+,30+,31+,32+,33-,36+,37-,38+/m1/s1. The number of esters is 2. The predicted octanol–water partition coefficient (Wildman–Crippen LogP) is 8.82. The fraction of sp³-hybridized carbons (Fsp3) is 0.684. The van der Waals surface area contributed by atoms with E-state index < -0.39 is 17.3 Å². The summed E-state index contributed by atoms with van der Waals surface area (Å²) >= 11 is 0. The Morgan fingerprint density at radius 2 is 1.86 bits per heavy atom. The van der Waals surface area contributed by atoms with Crippen LogP contribution in [-0.4, -0.2) is 31.3 Å². The summed E-state index contributed by atoms with van der Waals surface area (Å²) in [4.78, 5) is 28.1. The van der Waals surface area contributed by atoms with Crippen LogP contribution in [0.25, 0.3) is 0 Å². The highest BCUT2D eigenvalue weighted by atomic mass is 16.6. The Balaban J connectivity index is 1.48. The molecule has 1 aromatic carbocycles. The summed E-state index contributed by atoms with van der Waals surface area (Å²) in [5.74, 6) is -0.123. The van der Waals surface area contributed by atoms with Crippen molar-refractivity contribution >= 4 is 11.9 Å². The number of allylic oxidation sites excluding steroid dienone is 2. The number of benzene rings is 1. The summed E-state index contributed by atoms with van der Waals surface area (Å²) in [5.41, 5.74) is 2.11. The lowest BCUT2D eigenvalue weighted by Crippen LogP contribution is -2.67. The number of ether oxygens (including phenoxy) is 3. The molecule has 0 N–H and O–H groups in total. The zero-order chi connectivity index (χ0) is 31.2. The quantitative estimate of drug-likeness (QED) is 0.155. The molecule has 0 bridgehead atoms. The Morgan fingerprint density at radius 3 is 2.51 bits per heavy atom. The molecule has 0 radical (unpaired) electrons. The maximum Gasteiger partial charge on any atom is 0.311 e. The second kappa shape index (κ2) is 12.1. The van der Waals surface area contributed by atoms with Gasteiger partial charge in [-0.3, -0.25) is 9.59 Å². The Morgan fingerprint density at radius 1 is 1.14 bits per heavy atom. The molecule has 5 nitrogen and oxygen atoms in total. The highest BCUT2D eigenvalue weighted by molar-refractivity contribution is 5.87. The molecule has 3 fully saturated rings.